The molecule has 0 N–H and O–H groups in total. The second-order valence-electron chi connectivity index (χ2n) is 12.9. The summed E-state index contributed by atoms with van der Waals surface area (Å²) in [5.41, 5.74) is 13.1. The average Bonchev–Trinajstić information content (AvgIpc) is 3.75. The van der Waals surface area contributed by atoms with Crippen molar-refractivity contribution in [3.05, 3.63) is 194 Å². The van der Waals surface area contributed by atoms with Gasteiger partial charge in [-0.25, -0.2) is 0 Å². The predicted molar refractivity (Wildman–Crippen MR) is 214 cm³/mol. The van der Waals surface area contributed by atoms with E-state index in [9.17, 15) is 0 Å². The molecular formula is C48H32N2O. The molecule has 0 spiro atoms. The number of hydrogen-bond donors (Lipinski definition) is 0. The van der Waals surface area contributed by atoms with Crippen molar-refractivity contribution in [3.63, 3.8) is 0 Å². The summed E-state index contributed by atoms with van der Waals surface area (Å²) in [6.45, 7) is 0. The maximum Gasteiger partial charge on any atom is 0.137 e. The number of benzene rings is 8. The Bertz CT molecular complexity index is 2850. The van der Waals surface area contributed by atoms with Crippen molar-refractivity contribution in [1.82, 2.24) is 4.57 Å². The lowest BCUT2D eigenvalue weighted by Crippen LogP contribution is -2.11. The van der Waals surface area contributed by atoms with Crippen LogP contribution in [0.2, 0.25) is 0 Å². The van der Waals surface area contributed by atoms with Gasteiger partial charge in [0.1, 0.15) is 11.2 Å². The topological polar surface area (TPSA) is 21.3 Å². The summed E-state index contributed by atoms with van der Waals surface area (Å²) in [5, 5.41) is 4.64. The quantitative estimate of drug-likeness (QED) is 0.178. The normalized spacial score (nSPS) is 11.5. The van der Waals surface area contributed by atoms with Gasteiger partial charge in [0.15, 0.2) is 0 Å². The van der Waals surface area contributed by atoms with E-state index in [1.807, 2.05) is 6.07 Å². The Hall–Kier alpha value is -6.84. The van der Waals surface area contributed by atoms with Gasteiger partial charge in [-0.3, -0.25) is 0 Å². The Morgan fingerprint density at radius 3 is 1.80 bits per heavy atom. The minimum atomic E-state index is 0.864. The summed E-state index contributed by atoms with van der Waals surface area (Å²) in [6.07, 6.45) is 0. The van der Waals surface area contributed by atoms with Crippen LogP contribution in [0.4, 0.5) is 17.1 Å². The molecule has 0 unspecified atom stereocenters. The van der Waals surface area contributed by atoms with Crippen LogP contribution >= 0.6 is 0 Å². The minimum absolute atomic E-state index is 0.864. The number of aromatic nitrogens is 1. The molecule has 2 aromatic heterocycles. The monoisotopic (exact) mass is 652 g/mol. The van der Waals surface area contributed by atoms with E-state index in [0.717, 1.165) is 61.3 Å². The highest BCUT2D eigenvalue weighted by molar-refractivity contribution is 6.18. The lowest BCUT2D eigenvalue weighted by Gasteiger charge is -2.28. The molecule has 0 saturated heterocycles. The zero-order valence-corrected chi connectivity index (χ0v) is 27.8. The van der Waals surface area contributed by atoms with E-state index in [0.29, 0.717) is 0 Å². The van der Waals surface area contributed by atoms with Crippen LogP contribution in [-0.4, -0.2) is 4.57 Å². The Morgan fingerprint density at radius 2 is 1.00 bits per heavy atom. The molecule has 8 aromatic carbocycles. The Kier molecular flexibility index (Phi) is 6.81. The van der Waals surface area contributed by atoms with Gasteiger partial charge in [-0.05, 0) is 71.3 Å². The minimum Gasteiger partial charge on any atom is -0.456 e. The van der Waals surface area contributed by atoms with Crippen LogP contribution in [0.15, 0.2) is 199 Å². The number of para-hydroxylation sites is 3. The number of rotatable bonds is 6. The van der Waals surface area contributed by atoms with E-state index in [1.54, 1.807) is 0 Å². The fourth-order valence-electron chi connectivity index (χ4n) is 7.79. The first-order valence-corrected chi connectivity index (χ1v) is 17.4. The Labute approximate surface area is 295 Å². The first-order valence-electron chi connectivity index (χ1n) is 17.4. The molecule has 2 heterocycles. The van der Waals surface area contributed by atoms with E-state index < -0.39 is 0 Å². The van der Waals surface area contributed by atoms with Gasteiger partial charge in [0, 0.05) is 33.1 Å². The van der Waals surface area contributed by atoms with E-state index in [2.05, 4.69) is 198 Å². The Balaban J connectivity index is 1.31. The molecule has 0 fully saturated rings. The van der Waals surface area contributed by atoms with E-state index >= 15 is 0 Å². The van der Waals surface area contributed by atoms with Crippen LogP contribution in [0, 0.1) is 0 Å². The summed E-state index contributed by atoms with van der Waals surface area (Å²) >= 11 is 0. The van der Waals surface area contributed by atoms with Gasteiger partial charge in [0.2, 0.25) is 0 Å². The molecule has 0 aliphatic rings. The van der Waals surface area contributed by atoms with Crippen LogP contribution in [0.5, 0.6) is 0 Å². The van der Waals surface area contributed by atoms with Crippen molar-refractivity contribution in [1.29, 1.82) is 0 Å². The zero-order valence-electron chi connectivity index (χ0n) is 27.8. The molecule has 0 aliphatic heterocycles. The molecule has 0 atom stereocenters. The molecule has 3 heteroatoms. The van der Waals surface area contributed by atoms with Crippen LogP contribution in [0.1, 0.15) is 0 Å². The van der Waals surface area contributed by atoms with Crippen LogP contribution < -0.4 is 4.90 Å². The number of anilines is 3. The third-order valence-electron chi connectivity index (χ3n) is 9.98. The van der Waals surface area contributed by atoms with Crippen molar-refractivity contribution in [3.8, 4) is 27.9 Å². The lowest BCUT2D eigenvalue weighted by atomic mass is 9.99. The van der Waals surface area contributed by atoms with Crippen molar-refractivity contribution in [2.45, 2.75) is 0 Å². The summed E-state index contributed by atoms with van der Waals surface area (Å²) in [7, 11) is 0. The number of fused-ring (bicyclic) bond motifs is 6. The molecule has 0 amide bonds. The van der Waals surface area contributed by atoms with Gasteiger partial charge >= 0.3 is 0 Å². The predicted octanol–water partition coefficient (Wildman–Crippen LogP) is 13.5. The van der Waals surface area contributed by atoms with Gasteiger partial charge in [0.25, 0.3) is 0 Å². The van der Waals surface area contributed by atoms with Gasteiger partial charge in [-0.15, -0.1) is 0 Å². The second kappa shape index (κ2) is 11.9. The van der Waals surface area contributed by atoms with Gasteiger partial charge in [-0.2, -0.15) is 0 Å². The van der Waals surface area contributed by atoms with Crippen molar-refractivity contribution in [2.24, 2.45) is 0 Å². The highest BCUT2D eigenvalue weighted by Gasteiger charge is 2.24. The third kappa shape index (κ3) is 4.74. The summed E-state index contributed by atoms with van der Waals surface area (Å²) < 4.78 is 8.85. The second-order valence-corrected chi connectivity index (χ2v) is 12.9. The van der Waals surface area contributed by atoms with Crippen LogP contribution in [0.25, 0.3) is 71.7 Å². The highest BCUT2D eigenvalue weighted by atomic mass is 16.3. The molecule has 0 aliphatic carbocycles. The van der Waals surface area contributed by atoms with Gasteiger partial charge < -0.3 is 13.9 Å². The number of furan rings is 1. The Morgan fingerprint density at radius 1 is 0.392 bits per heavy atom. The molecule has 0 radical (unpaired) electrons. The van der Waals surface area contributed by atoms with Crippen molar-refractivity contribution >= 4 is 60.8 Å². The fourth-order valence-corrected chi connectivity index (χ4v) is 7.79. The van der Waals surface area contributed by atoms with E-state index in [-0.39, 0.29) is 0 Å². The van der Waals surface area contributed by atoms with Crippen molar-refractivity contribution < 1.29 is 4.42 Å². The highest BCUT2D eigenvalue weighted by Crippen LogP contribution is 2.47. The molecule has 3 nitrogen and oxygen atoms in total. The first-order chi connectivity index (χ1) is 25.3. The molecule has 0 bridgehead atoms. The first kappa shape index (κ1) is 29.1. The van der Waals surface area contributed by atoms with E-state index in [1.165, 1.54) is 27.4 Å². The molecule has 240 valence electrons. The van der Waals surface area contributed by atoms with Gasteiger partial charge in [-0.1, -0.05) is 140 Å². The molecule has 10 rings (SSSR count). The molecule has 0 saturated carbocycles. The largest absolute Gasteiger partial charge is 0.456 e. The zero-order chi connectivity index (χ0) is 33.7. The SMILES string of the molecule is c1ccc(-c2ccccc2N(c2ccc3c4c(-c5ccccc5)cccc4n(-c4ccccc4)c3c2)c2cccc3oc4ccccc4c23)cc1. The fraction of sp³-hybridized carbons (Fsp3) is 0. The molecule has 51 heavy (non-hydrogen) atoms. The number of nitrogens with zero attached hydrogens (tertiary/aromatic N) is 2. The summed E-state index contributed by atoms with van der Waals surface area (Å²) in [4.78, 5) is 2.41. The van der Waals surface area contributed by atoms with Crippen LogP contribution in [-0.2, 0) is 0 Å². The van der Waals surface area contributed by atoms with Gasteiger partial charge in [0.05, 0.1) is 27.8 Å². The summed E-state index contributed by atoms with van der Waals surface area (Å²) in [6, 6.07) is 69.1. The van der Waals surface area contributed by atoms with E-state index in [4.69, 9.17) is 4.42 Å². The smallest absolute Gasteiger partial charge is 0.137 e. The van der Waals surface area contributed by atoms with Crippen molar-refractivity contribution in [2.75, 3.05) is 4.90 Å². The molecular weight excluding hydrogens is 621 g/mol. The van der Waals surface area contributed by atoms with Crippen LogP contribution in [0.3, 0.4) is 0 Å². The average molecular weight is 653 g/mol. The molecule has 10 aromatic rings. The standard InChI is InChI=1S/C48H32N2O/c1-4-16-33(17-5-1)37-22-10-12-25-41(37)50(43-27-15-29-46-48(43)40-23-11-13-28-45(40)51-46)36-30-31-39-44(32-36)49(35-20-8-3-9-21-35)42-26-14-24-38(47(39)42)34-18-6-2-7-19-34/h1-32H. The lowest BCUT2D eigenvalue weighted by molar-refractivity contribution is 0.669. The number of hydrogen-bond acceptors (Lipinski definition) is 2. The summed E-state index contributed by atoms with van der Waals surface area (Å²) in [5.74, 6) is 0. The maximum atomic E-state index is 6.44. The third-order valence-corrected chi connectivity index (χ3v) is 9.98. The maximum absolute atomic E-state index is 6.44.